The van der Waals surface area contributed by atoms with Crippen LogP contribution in [0.1, 0.15) is 40.0 Å². The molecule has 0 aliphatic heterocycles. The molecule has 0 unspecified atom stereocenters. The average molecular weight is 299 g/mol. The minimum atomic E-state index is -0.830. The maximum Gasteiger partial charge on any atom is 0.333 e. The van der Waals surface area contributed by atoms with Gasteiger partial charge in [0.15, 0.2) is 0 Å². The molecule has 0 aliphatic carbocycles. The SMILES string of the molecule is C/C(=C\CCN(C)C)C(=O)O.C=C(C)C(=O)OCCCC. The zero-order chi connectivity index (χ0) is 16.8. The summed E-state index contributed by atoms with van der Waals surface area (Å²) in [4.78, 5) is 23.0. The lowest BCUT2D eigenvalue weighted by molar-refractivity contribution is -0.139. The molecule has 1 N–H and O–H groups in total. The molecule has 0 aromatic heterocycles. The van der Waals surface area contributed by atoms with Crippen LogP contribution in [0.2, 0.25) is 0 Å². The van der Waals surface area contributed by atoms with Gasteiger partial charge in [0.25, 0.3) is 0 Å². The van der Waals surface area contributed by atoms with E-state index < -0.39 is 5.97 Å². The number of unbranched alkanes of at least 4 members (excludes halogenated alkanes) is 1. The van der Waals surface area contributed by atoms with E-state index in [1.54, 1.807) is 19.9 Å². The van der Waals surface area contributed by atoms with Crippen LogP contribution in [0.25, 0.3) is 0 Å². The Kier molecular flexibility index (Phi) is 13.8. The number of aliphatic carboxylic acids is 1. The van der Waals surface area contributed by atoms with Crippen LogP contribution in [-0.2, 0) is 14.3 Å². The van der Waals surface area contributed by atoms with Gasteiger partial charge in [0.2, 0.25) is 0 Å². The van der Waals surface area contributed by atoms with Crippen molar-refractivity contribution < 1.29 is 19.4 Å². The number of carbonyl (C=O) groups excluding carboxylic acids is 1. The van der Waals surface area contributed by atoms with Gasteiger partial charge in [0.05, 0.1) is 6.61 Å². The molecule has 0 spiro atoms. The van der Waals surface area contributed by atoms with Crippen LogP contribution in [0.15, 0.2) is 23.8 Å². The molecule has 5 heteroatoms. The maximum absolute atomic E-state index is 10.7. The summed E-state index contributed by atoms with van der Waals surface area (Å²) in [6.07, 6.45) is 4.51. The lowest BCUT2D eigenvalue weighted by Crippen LogP contribution is -2.12. The molecule has 0 saturated heterocycles. The van der Waals surface area contributed by atoms with E-state index in [9.17, 15) is 9.59 Å². The van der Waals surface area contributed by atoms with E-state index in [0.717, 1.165) is 25.8 Å². The Labute approximate surface area is 128 Å². The molecule has 0 saturated carbocycles. The van der Waals surface area contributed by atoms with E-state index in [-0.39, 0.29) is 5.97 Å². The summed E-state index contributed by atoms with van der Waals surface area (Å²) in [6, 6.07) is 0. The smallest absolute Gasteiger partial charge is 0.333 e. The number of nitrogens with zero attached hydrogens (tertiary/aromatic N) is 1. The van der Waals surface area contributed by atoms with Crippen LogP contribution in [0.3, 0.4) is 0 Å². The molecule has 5 nitrogen and oxygen atoms in total. The van der Waals surface area contributed by atoms with Gasteiger partial charge in [0.1, 0.15) is 0 Å². The quantitative estimate of drug-likeness (QED) is 0.424. The number of hydrogen-bond donors (Lipinski definition) is 1. The monoisotopic (exact) mass is 299 g/mol. The molecule has 0 bridgehead atoms. The largest absolute Gasteiger partial charge is 0.478 e. The van der Waals surface area contributed by atoms with Crippen molar-refractivity contribution in [1.29, 1.82) is 0 Å². The Balaban J connectivity index is 0. The highest BCUT2D eigenvalue weighted by molar-refractivity contribution is 5.86. The number of hydrogen-bond acceptors (Lipinski definition) is 4. The molecular weight excluding hydrogens is 270 g/mol. The van der Waals surface area contributed by atoms with Crippen LogP contribution in [0.5, 0.6) is 0 Å². The topological polar surface area (TPSA) is 66.8 Å². The molecule has 0 fully saturated rings. The highest BCUT2D eigenvalue weighted by Crippen LogP contribution is 1.95. The van der Waals surface area contributed by atoms with Crippen molar-refractivity contribution in [2.75, 3.05) is 27.2 Å². The number of carboxylic acids is 1. The summed E-state index contributed by atoms with van der Waals surface area (Å²) in [5.74, 6) is -1.11. The summed E-state index contributed by atoms with van der Waals surface area (Å²) in [6.45, 7) is 10.2. The minimum absolute atomic E-state index is 0.284. The predicted molar refractivity (Wildman–Crippen MR) is 85.2 cm³/mol. The first-order valence-corrected chi connectivity index (χ1v) is 7.09. The van der Waals surface area contributed by atoms with Gasteiger partial charge >= 0.3 is 11.9 Å². The first-order valence-electron chi connectivity index (χ1n) is 7.09. The molecule has 0 radical (unpaired) electrons. The van der Waals surface area contributed by atoms with E-state index in [2.05, 4.69) is 13.5 Å². The second kappa shape index (κ2) is 13.4. The maximum atomic E-state index is 10.7. The molecule has 0 rings (SSSR count). The molecule has 122 valence electrons. The Morgan fingerprint density at radius 1 is 1.29 bits per heavy atom. The number of rotatable bonds is 8. The average Bonchev–Trinajstić information content (AvgIpc) is 2.38. The van der Waals surface area contributed by atoms with E-state index >= 15 is 0 Å². The van der Waals surface area contributed by atoms with Crippen LogP contribution in [-0.4, -0.2) is 49.2 Å². The minimum Gasteiger partial charge on any atom is -0.478 e. The summed E-state index contributed by atoms with van der Waals surface area (Å²) in [7, 11) is 3.92. The number of esters is 1. The first kappa shape index (κ1) is 21.7. The van der Waals surface area contributed by atoms with Crippen molar-refractivity contribution in [3.8, 4) is 0 Å². The third-order valence-electron chi connectivity index (χ3n) is 2.44. The molecule has 0 aromatic rings. The van der Waals surface area contributed by atoms with Crippen molar-refractivity contribution in [3.63, 3.8) is 0 Å². The van der Waals surface area contributed by atoms with Crippen LogP contribution >= 0.6 is 0 Å². The van der Waals surface area contributed by atoms with E-state index in [0.29, 0.717) is 17.8 Å². The van der Waals surface area contributed by atoms with Crippen molar-refractivity contribution in [2.24, 2.45) is 0 Å². The predicted octanol–water partition coefficient (Wildman–Crippen LogP) is 2.87. The van der Waals surface area contributed by atoms with Gasteiger partial charge in [-0.2, -0.15) is 0 Å². The number of carbonyl (C=O) groups is 2. The standard InChI is InChI=1S/C8H15NO2.C8H14O2/c1-7(8(10)11)5-4-6-9(2)3;1-4-5-6-10-8(9)7(2)3/h5H,4,6H2,1-3H3,(H,10,11);2,4-6H2,1,3H3/b7-5+;. The second-order valence-corrected chi connectivity index (χ2v) is 5.05. The normalized spacial score (nSPS) is 10.7. The van der Waals surface area contributed by atoms with Crippen molar-refractivity contribution in [2.45, 2.75) is 40.0 Å². The van der Waals surface area contributed by atoms with E-state index in [4.69, 9.17) is 9.84 Å². The van der Waals surface area contributed by atoms with Gasteiger partial charge < -0.3 is 14.7 Å². The Morgan fingerprint density at radius 3 is 2.24 bits per heavy atom. The summed E-state index contributed by atoms with van der Waals surface area (Å²) < 4.78 is 4.81. The Morgan fingerprint density at radius 2 is 1.86 bits per heavy atom. The van der Waals surface area contributed by atoms with E-state index in [1.165, 1.54) is 0 Å². The lowest BCUT2D eigenvalue weighted by atomic mass is 10.2. The van der Waals surface area contributed by atoms with Gasteiger partial charge in [0, 0.05) is 17.7 Å². The Hall–Kier alpha value is -1.62. The fourth-order valence-corrected chi connectivity index (χ4v) is 1.06. The molecule has 0 aromatic carbocycles. The zero-order valence-corrected chi connectivity index (χ0v) is 13.9. The third-order valence-corrected chi connectivity index (χ3v) is 2.44. The number of ether oxygens (including phenoxy) is 1. The second-order valence-electron chi connectivity index (χ2n) is 5.05. The van der Waals surface area contributed by atoms with Crippen molar-refractivity contribution in [3.05, 3.63) is 23.8 Å². The van der Waals surface area contributed by atoms with E-state index in [1.807, 2.05) is 19.0 Å². The zero-order valence-electron chi connectivity index (χ0n) is 13.9. The van der Waals surface area contributed by atoms with Crippen LogP contribution < -0.4 is 0 Å². The number of carboxylic acid groups (broad SMARTS) is 1. The van der Waals surface area contributed by atoms with Crippen molar-refractivity contribution in [1.82, 2.24) is 4.90 Å². The molecule has 0 amide bonds. The lowest BCUT2D eigenvalue weighted by Gasteiger charge is -2.05. The fraction of sp³-hybridized carbons (Fsp3) is 0.625. The summed E-state index contributed by atoms with van der Waals surface area (Å²) in [5.41, 5.74) is 0.892. The van der Waals surface area contributed by atoms with Crippen molar-refractivity contribution >= 4 is 11.9 Å². The van der Waals surface area contributed by atoms with Gasteiger partial charge in [-0.15, -0.1) is 0 Å². The van der Waals surface area contributed by atoms with Gasteiger partial charge in [-0.25, -0.2) is 9.59 Å². The highest BCUT2D eigenvalue weighted by Gasteiger charge is 2.00. The first-order chi connectivity index (χ1) is 9.72. The summed E-state index contributed by atoms with van der Waals surface area (Å²) in [5, 5.41) is 8.47. The van der Waals surface area contributed by atoms with Gasteiger partial charge in [-0.05, 0) is 40.8 Å². The van der Waals surface area contributed by atoms with Crippen LogP contribution in [0.4, 0.5) is 0 Å². The molecule has 0 atom stereocenters. The fourth-order valence-electron chi connectivity index (χ4n) is 1.06. The molecule has 0 heterocycles. The molecule has 21 heavy (non-hydrogen) atoms. The third kappa shape index (κ3) is 16.3. The highest BCUT2D eigenvalue weighted by atomic mass is 16.5. The molecular formula is C16H29NO4. The van der Waals surface area contributed by atoms with Gasteiger partial charge in [-0.3, -0.25) is 0 Å². The summed E-state index contributed by atoms with van der Waals surface area (Å²) >= 11 is 0. The van der Waals surface area contributed by atoms with Crippen LogP contribution in [0, 0.1) is 0 Å². The Bertz CT molecular complexity index is 359. The molecule has 0 aliphatic rings. The van der Waals surface area contributed by atoms with Gasteiger partial charge in [-0.1, -0.05) is 26.0 Å².